The fraction of sp³-hybridized carbons (Fsp3) is 0.440. The van der Waals surface area contributed by atoms with Gasteiger partial charge < -0.3 is 19.5 Å². The average molecular weight is 480 g/mol. The fourth-order valence-electron chi connectivity index (χ4n) is 5.11. The van der Waals surface area contributed by atoms with Gasteiger partial charge in [0, 0.05) is 17.7 Å². The van der Waals surface area contributed by atoms with Gasteiger partial charge in [-0.3, -0.25) is 4.79 Å². The normalized spacial score (nSPS) is 20.4. The van der Waals surface area contributed by atoms with E-state index in [9.17, 15) is 10.1 Å². The van der Waals surface area contributed by atoms with E-state index >= 15 is 0 Å². The van der Waals surface area contributed by atoms with Gasteiger partial charge in [0.05, 0.1) is 23.6 Å². The Kier molecular flexibility index (Phi) is 5.92. The highest BCUT2D eigenvalue weighted by Crippen LogP contribution is 2.43. The van der Waals surface area contributed by atoms with Crippen molar-refractivity contribution in [1.29, 1.82) is 5.26 Å². The van der Waals surface area contributed by atoms with Crippen molar-refractivity contribution in [3.8, 4) is 17.5 Å². The molecule has 2 aliphatic rings. The van der Waals surface area contributed by atoms with Crippen molar-refractivity contribution in [2.75, 3.05) is 6.54 Å². The molecule has 1 amide bonds. The van der Waals surface area contributed by atoms with E-state index in [1.54, 1.807) is 19.1 Å². The van der Waals surface area contributed by atoms with Crippen LogP contribution in [-0.4, -0.2) is 27.5 Å². The second-order valence-electron chi connectivity index (χ2n) is 9.23. The number of likely N-dealkylation sites (tertiary alicyclic amines) is 1. The molecule has 176 valence electrons. The van der Waals surface area contributed by atoms with Gasteiger partial charge in [-0.25, -0.2) is 0 Å². The van der Waals surface area contributed by atoms with Crippen LogP contribution < -0.4 is 5.73 Å². The zero-order valence-electron chi connectivity index (χ0n) is 19.0. The second-order valence-corrected chi connectivity index (χ2v) is 9.61. The molecule has 2 aromatic heterocycles. The van der Waals surface area contributed by atoms with Crippen LogP contribution in [0.5, 0.6) is 0 Å². The van der Waals surface area contributed by atoms with Crippen molar-refractivity contribution in [3.63, 3.8) is 0 Å². The number of furan rings is 1. The lowest BCUT2D eigenvalue weighted by Crippen LogP contribution is -2.31. The molecule has 9 heteroatoms. The second kappa shape index (κ2) is 8.90. The summed E-state index contributed by atoms with van der Waals surface area (Å²) in [7, 11) is 0. The number of benzene rings is 1. The first-order chi connectivity index (χ1) is 16.4. The number of aromatic nitrogens is 2. The van der Waals surface area contributed by atoms with Gasteiger partial charge in [-0.2, -0.15) is 5.26 Å². The van der Waals surface area contributed by atoms with E-state index in [2.05, 4.69) is 16.3 Å². The SMILES string of the molecule is CC(N)c1nnc(-c2cc(C(=O)N3CCCC3c3ccc(Cl)o3)cc(C3(C#N)CCCC3)c2)o1. The van der Waals surface area contributed by atoms with Crippen molar-refractivity contribution in [2.24, 2.45) is 5.73 Å². The number of nitrogens with zero attached hydrogens (tertiary/aromatic N) is 4. The topological polar surface area (TPSA) is 122 Å². The summed E-state index contributed by atoms with van der Waals surface area (Å²) >= 11 is 5.99. The number of rotatable bonds is 5. The predicted octanol–water partition coefficient (Wildman–Crippen LogP) is 5.32. The summed E-state index contributed by atoms with van der Waals surface area (Å²) in [5, 5.41) is 18.6. The third kappa shape index (κ3) is 3.99. The summed E-state index contributed by atoms with van der Waals surface area (Å²) in [6.07, 6.45) is 5.13. The molecule has 1 saturated heterocycles. The summed E-state index contributed by atoms with van der Waals surface area (Å²) in [5.74, 6) is 1.15. The molecule has 1 aliphatic carbocycles. The molecule has 1 aromatic carbocycles. The molecular formula is C25H26ClN5O3. The van der Waals surface area contributed by atoms with Gasteiger partial charge in [-0.05, 0) is 80.1 Å². The molecule has 34 heavy (non-hydrogen) atoms. The van der Waals surface area contributed by atoms with Crippen LogP contribution in [0.2, 0.25) is 5.22 Å². The van der Waals surface area contributed by atoms with Crippen LogP contribution >= 0.6 is 11.6 Å². The van der Waals surface area contributed by atoms with Crippen molar-refractivity contribution in [2.45, 2.75) is 62.9 Å². The number of nitriles is 1. The van der Waals surface area contributed by atoms with Crippen molar-refractivity contribution >= 4 is 17.5 Å². The minimum absolute atomic E-state index is 0.129. The first kappa shape index (κ1) is 22.6. The van der Waals surface area contributed by atoms with Crippen LogP contribution in [0.1, 0.15) is 85.1 Å². The van der Waals surface area contributed by atoms with E-state index in [0.717, 1.165) is 44.1 Å². The highest BCUT2D eigenvalue weighted by atomic mass is 35.5. The molecule has 1 aliphatic heterocycles. The Morgan fingerprint density at radius 2 is 2.03 bits per heavy atom. The van der Waals surface area contributed by atoms with Gasteiger partial charge in [-0.1, -0.05) is 12.8 Å². The third-order valence-electron chi connectivity index (χ3n) is 6.92. The van der Waals surface area contributed by atoms with Gasteiger partial charge in [-0.15, -0.1) is 10.2 Å². The van der Waals surface area contributed by atoms with E-state index in [1.165, 1.54) is 0 Å². The maximum atomic E-state index is 13.8. The third-order valence-corrected chi connectivity index (χ3v) is 7.12. The maximum absolute atomic E-state index is 13.8. The minimum Gasteiger partial charge on any atom is -0.448 e. The van der Waals surface area contributed by atoms with Crippen LogP contribution in [-0.2, 0) is 5.41 Å². The Bertz CT molecular complexity index is 1250. The molecule has 0 radical (unpaired) electrons. The lowest BCUT2D eigenvalue weighted by Gasteiger charge is -2.26. The fourth-order valence-corrected chi connectivity index (χ4v) is 5.26. The number of halogens is 1. The molecule has 2 atom stereocenters. The summed E-state index contributed by atoms with van der Waals surface area (Å²) < 4.78 is 11.4. The molecule has 2 N–H and O–H groups in total. The van der Waals surface area contributed by atoms with E-state index in [0.29, 0.717) is 34.5 Å². The van der Waals surface area contributed by atoms with E-state index in [-0.39, 0.29) is 17.8 Å². The van der Waals surface area contributed by atoms with Gasteiger partial charge in [0.2, 0.25) is 11.8 Å². The van der Waals surface area contributed by atoms with Crippen LogP contribution in [0.3, 0.4) is 0 Å². The summed E-state index contributed by atoms with van der Waals surface area (Å²) in [6.45, 7) is 2.38. The minimum atomic E-state index is -0.631. The number of nitrogens with two attached hydrogens (primary N) is 1. The number of hydrogen-bond acceptors (Lipinski definition) is 7. The lowest BCUT2D eigenvalue weighted by atomic mass is 9.79. The smallest absolute Gasteiger partial charge is 0.254 e. The maximum Gasteiger partial charge on any atom is 0.254 e. The highest BCUT2D eigenvalue weighted by Gasteiger charge is 2.38. The monoisotopic (exact) mass is 479 g/mol. The molecule has 3 aromatic rings. The summed E-state index contributed by atoms with van der Waals surface area (Å²) in [4.78, 5) is 15.6. The molecule has 0 bridgehead atoms. The number of carbonyl (C=O) groups is 1. The summed E-state index contributed by atoms with van der Waals surface area (Å²) in [6, 6.07) is 11.0. The number of hydrogen-bond donors (Lipinski definition) is 1. The molecule has 1 saturated carbocycles. The molecular weight excluding hydrogens is 454 g/mol. The van der Waals surface area contributed by atoms with Gasteiger partial charge in [0.15, 0.2) is 5.22 Å². The van der Waals surface area contributed by atoms with Gasteiger partial charge in [0.1, 0.15) is 5.76 Å². The van der Waals surface area contributed by atoms with Crippen LogP contribution in [0.25, 0.3) is 11.5 Å². The Hall–Kier alpha value is -3.15. The highest BCUT2D eigenvalue weighted by molar-refractivity contribution is 6.28. The largest absolute Gasteiger partial charge is 0.448 e. The standard InChI is InChI=1S/C25H26ClN5O3/c1-15(28)22-29-30-23(34-22)16-11-17(13-18(12-16)25(14-27)8-2-3-9-25)24(32)31-10-4-5-19(31)20-6-7-21(26)33-20/h6-7,11-13,15,19H,2-5,8-10,28H2,1H3. The molecule has 5 rings (SSSR count). The Morgan fingerprint density at radius 1 is 1.24 bits per heavy atom. The zero-order valence-corrected chi connectivity index (χ0v) is 19.7. The Labute approximate surface area is 202 Å². The van der Waals surface area contributed by atoms with Gasteiger partial charge >= 0.3 is 0 Å². The molecule has 8 nitrogen and oxygen atoms in total. The lowest BCUT2D eigenvalue weighted by molar-refractivity contribution is 0.0720. The molecule has 3 heterocycles. The van der Waals surface area contributed by atoms with E-state index in [1.807, 2.05) is 23.1 Å². The molecule has 2 fully saturated rings. The van der Waals surface area contributed by atoms with E-state index in [4.69, 9.17) is 26.2 Å². The van der Waals surface area contributed by atoms with Crippen molar-refractivity contribution in [1.82, 2.24) is 15.1 Å². The van der Waals surface area contributed by atoms with Crippen molar-refractivity contribution < 1.29 is 13.6 Å². The van der Waals surface area contributed by atoms with Gasteiger partial charge in [0.25, 0.3) is 5.91 Å². The predicted molar refractivity (Wildman–Crippen MR) is 125 cm³/mol. The molecule has 2 unspecified atom stereocenters. The Balaban J connectivity index is 1.57. The zero-order chi connectivity index (χ0) is 23.9. The average Bonchev–Trinajstić information content (AvgIpc) is 3.64. The number of carbonyl (C=O) groups excluding carboxylic acids is 1. The van der Waals surface area contributed by atoms with Crippen molar-refractivity contribution in [3.05, 3.63) is 58.3 Å². The van der Waals surface area contributed by atoms with Crippen LogP contribution in [0.15, 0.2) is 39.2 Å². The van der Waals surface area contributed by atoms with Crippen LogP contribution in [0, 0.1) is 11.3 Å². The van der Waals surface area contributed by atoms with E-state index < -0.39 is 11.5 Å². The summed E-state index contributed by atoms with van der Waals surface area (Å²) in [5.41, 5.74) is 7.17. The first-order valence-electron chi connectivity index (χ1n) is 11.6. The van der Waals surface area contributed by atoms with Crippen LogP contribution in [0.4, 0.5) is 0 Å². The molecule has 0 spiro atoms. The Morgan fingerprint density at radius 3 is 2.68 bits per heavy atom. The number of amides is 1. The first-order valence-corrected chi connectivity index (χ1v) is 12.0. The quantitative estimate of drug-likeness (QED) is 0.525.